The molecule has 22 heavy (non-hydrogen) atoms. The SMILES string of the molecule is CC(C)(C)OC(=O)NCCCOc1cc(O)cc2c1BOC2. The van der Waals surface area contributed by atoms with E-state index in [1.807, 2.05) is 20.8 Å². The molecule has 0 aliphatic carbocycles. The van der Waals surface area contributed by atoms with Gasteiger partial charge in [-0.15, -0.1) is 0 Å². The number of aromatic hydroxyl groups is 1. The molecule has 1 aromatic carbocycles. The Kier molecular flexibility index (Phi) is 5.18. The number of amides is 1. The number of fused-ring (bicyclic) bond motifs is 1. The lowest BCUT2D eigenvalue weighted by molar-refractivity contribution is 0.0525. The maximum Gasteiger partial charge on any atom is 0.407 e. The number of carbonyl (C=O) groups excluding carboxylic acids is 1. The fraction of sp³-hybridized carbons (Fsp3) is 0.533. The van der Waals surface area contributed by atoms with Gasteiger partial charge in [-0.3, -0.25) is 0 Å². The largest absolute Gasteiger partial charge is 0.508 e. The van der Waals surface area contributed by atoms with Gasteiger partial charge in [0.2, 0.25) is 0 Å². The topological polar surface area (TPSA) is 77.0 Å². The zero-order valence-corrected chi connectivity index (χ0v) is 13.3. The van der Waals surface area contributed by atoms with Crippen LogP contribution >= 0.6 is 0 Å². The van der Waals surface area contributed by atoms with Crippen molar-refractivity contribution in [3.63, 3.8) is 0 Å². The highest BCUT2D eigenvalue weighted by Gasteiger charge is 2.19. The summed E-state index contributed by atoms with van der Waals surface area (Å²) in [5.41, 5.74) is 1.45. The number of alkyl carbamates (subject to hydrolysis) is 1. The van der Waals surface area contributed by atoms with Crippen molar-refractivity contribution in [3.8, 4) is 11.5 Å². The molecule has 120 valence electrons. The third-order valence-corrected chi connectivity index (χ3v) is 3.04. The van der Waals surface area contributed by atoms with Crippen molar-refractivity contribution in [3.05, 3.63) is 17.7 Å². The van der Waals surface area contributed by atoms with Crippen molar-refractivity contribution in [1.29, 1.82) is 0 Å². The molecule has 6 nitrogen and oxygen atoms in total. The number of phenols is 1. The molecule has 1 aliphatic rings. The number of carbonyl (C=O) groups is 1. The third kappa shape index (κ3) is 4.84. The maximum absolute atomic E-state index is 11.5. The number of hydrogen-bond donors (Lipinski definition) is 2. The van der Waals surface area contributed by atoms with E-state index in [2.05, 4.69) is 5.32 Å². The fourth-order valence-electron chi connectivity index (χ4n) is 2.13. The van der Waals surface area contributed by atoms with Gasteiger partial charge in [0.15, 0.2) is 0 Å². The lowest BCUT2D eigenvalue weighted by Gasteiger charge is -2.19. The summed E-state index contributed by atoms with van der Waals surface area (Å²) in [5.74, 6) is 0.816. The Labute approximate surface area is 131 Å². The Bertz CT molecular complexity index is 541. The van der Waals surface area contributed by atoms with Gasteiger partial charge in [-0.25, -0.2) is 4.79 Å². The minimum absolute atomic E-state index is 0.172. The quantitative estimate of drug-likeness (QED) is 0.631. The van der Waals surface area contributed by atoms with Crippen molar-refractivity contribution >= 4 is 19.0 Å². The summed E-state index contributed by atoms with van der Waals surface area (Å²) < 4.78 is 16.2. The molecule has 0 spiro atoms. The van der Waals surface area contributed by atoms with Gasteiger partial charge in [0.25, 0.3) is 0 Å². The summed E-state index contributed by atoms with van der Waals surface area (Å²) in [4.78, 5) is 11.5. The van der Waals surface area contributed by atoms with Crippen molar-refractivity contribution in [2.24, 2.45) is 0 Å². The van der Waals surface area contributed by atoms with E-state index in [0.717, 1.165) is 11.0 Å². The van der Waals surface area contributed by atoms with Gasteiger partial charge in [-0.05, 0) is 44.3 Å². The highest BCUT2D eigenvalue weighted by Crippen LogP contribution is 2.22. The molecule has 7 heteroatoms. The van der Waals surface area contributed by atoms with Crippen LogP contribution in [-0.2, 0) is 16.0 Å². The van der Waals surface area contributed by atoms with Crippen LogP contribution in [0.25, 0.3) is 0 Å². The molecule has 1 aliphatic heterocycles. The molecule has 0 fully saturated rings. The van der Waals surface area contributed by atoms with Crippen LogP contribution in [0.1, 0.15) is 32.8 Å². The van der Waals surface area contributed by atoms with Gasteiger partial charge >= 0.3 is 13.6 Å². The van der Waals surface area contributed by atoms with E-state index in [-0.39, 0.29) is 5.75 Å². The molecular formula is C15H22BNO5. The van der Waals surface area contributed by atoms with E-state index in [1.54, 1.807) is 12.1 Å². The highest BCUT2D eigenvalue weighted by atomic mass is 16.6. The van der Waals surface area contributed by atoms with Crippen LogP contribution in [0.3, 0.4) is 0 Å². The fourth-order valence-corrected chi connectivity index (χ4v) is 2.13. The van der Waals surface area contributed by atoms with Crippen LogP contribution < -0.4 is 15.5 Å². The molecule has 0 saturated carbocycles. The summed E-state index contributed by atoms with van der Waals surface area (Å²) >= 11 is 0. The van der Waals surface area contributed by atoms with Crippen molar-refractivity contribution in [2.45, 2.75) is 39.4 Å². The van der Waals surface area contributed by atoms with Crippen LogP contribution in [0.4, 0.5) is 4.79 Å². The first-order chi connectivity index (χ1) is 10.3. The highest BCUT2D eigenvalue weighted by molar-refractivity contribution is 6.50. The van der Waals surface area contributed by atoms with Crippen LogP contribution in [-0.4, -0.2) is 37.4 Å². The standard InChI is InChI=1S/C15H22BNO5/c1-15(2,3)22-14(19)17-5-4-6-20-12-8-11(18)7-10-9-21-16-13(10)12/h7-8,16,18H,4-6,9H2,1-3H3,(H,17,19). The Hall–Kier alpha value is -1.89. The van der Waals surface area contributed by atoms with Crippen molar-refractivity contribution < 1.29 is 24.0 Å². The Balaban J connectivity index is 1.73. The predicted molar refractivity (Wildman–Crippen MR) is 84.0 cm³/mol. The van der Waals surface area contributed by atoms with Gasteiger partial charge in [-0.1, -0.05) is 0 Å². The van der Waals surface area contributed by atoms with Crippen LogP contribution in [0.5, 0.6) is 11.5 Å². The second kappa shape index (κ2) is 6.92. The van der Waals surface area contributed by atoms with E-state index in [0.29, 0.717) is 39.4 Å². The molecule has 0 aromatic heterocycles. The lowest BCUT2D eigenvalue weighted by atomic mass is 9.86. The molecule has 1 heterocycles. The molecule has 0 saturated heterocycles. The predicted octanol–water partition coefficient (Wildman–Crippen LogP) is 1.19. The smallest absolute Gasteiger partial charge is 0.407 e. The zero-order valence-electron chi connectivity index (χ0n) is 13.3. The summed E-state index contributed by atoms with van der Waals surface area (Å²) in [6, 6.07) is 3.29. The van der Waals surface area contributed by atoms with Gasteiger partial charge in [-0.2, -0.15) is 0 Å². The number of nitrogens with one attached hydrogen (secondary N) is 1. The maximum atomic E-state index is 11.5. The Morgan fingerprint density at radius 3 is 2.95 bits per heavy atom. The average Bonchev–Trinajstić information content (AvgIpc) is 2.84. The van der Waals surface area contributed by atoms with Gasteiger partial charge < -0.3 is 24.6 Å². The summed E-state index contributed by atoms with van der Waals surface area (Å²) in [7, 11) is 0.501. The van der Waals surface area contributed by atoms with Gasteiger partial charge in [0.1, 0.15) is 17.1 Å². The number of ether oxygens (including phenoxy) is 2. The zero-order chi connectivity index (χ0) is 16.2. The van der Waals surface area contributed by atoms with Gasteiger partial charge in [0.05, 0.1) is 13.2 Å². The Morgan fingerprint density at radius 1 is 1.45 bits per heavy atom. The number of rotatable bonds is 5. The van der Waals surface area contributed by atoms with Crippen LogP contribution in [0, 0.1) is 0 Å². The monoisotopic (exact) mass is 307 g/mol. The molecule has 2 N–H and O–H groups in total. The first kappa shape index (κ1) is 16.5. The Morgan fingerprint density at radius 2 is 2.23 bits per heavy atom. The lowest BCUT2D eigenvalue weighted by Crippen LogP contribution is -2.33. The molecule has 2 rings (SSSR count). The van der Waals surface area contributed by atoms with Gasteiger partial charge in [0, 0.05) is 12.6 Å². The second-order valence-electron chi connectivity index (χ2n) is 6.21. The first-order valence-corrected chi connectivity index (χ1v) is 7.37. The summed E-state index contributed by atoms with van der Waals surface area (Å²) in [6.45, 7) is 6.86. The van der Waals surface area contributed by atoms with E-state index >= 15 is 0 Å². The summed E-state index contributed by atoms with van der Waals surface area (Å²) in [6.07, 6.45) is 0.212. The van der Waals surface area contributed by atoms with E-state index in [1.165, 1.54) is 0 Å². The third-order valence-electron chi connectivity index (χ3n) is 3.04. The van der Waals surface area contributed by atoms with Crippen molar-refractivity contribution in [2.75, 3.05) is 13.2 Å². The molecule has 1 amide bonds. The molecule has 0 unspecified atom stereocenters. The molecule has 0 atom stereocenters. The minimum Gasteiger partial charge on any atom is -0.508 e. The van der Waals surface area contributed by atoms with E-state index in [9.17, 15) is 9.90 Å². The molecule has 0 bridgehead atoms. The minimum atomic E-state index is -0.497. The van der Waals surface area contributed by atoms with Crippen molar-refractivity contribution in [1.82, 2.24) is 5.32 Å². The average molecular weight is 307 g/mol. The normalized spacial score (nSPS) is 13.2. The molecule has 0 radical (unpaired) electrons. The van der Waals surface area contributed by atoms with E-state index < -0.39 is 11.7 Å². The second-order valence-corrected chi connectivity index (χ2v) is 6.21. The first-order valence-electron chi connectivity index (χ1n) is 7.37. The number of benzene rings is 1. The number of phenolic OH excluding ortho intramolecular Hbond substituents is 1. The number of hydrogen-bond acceptors (Lipinski definition) is 5. The van der Waals surface area contributed by atoms with E-state index in [4.69, 9.17) is 14.1 Å². The van der Waals surface area contributed by atoms with Crippen LogP contribution in [0.15, 0.2) is 12.1 Å². The molecule has 1 aromatic rings. The van der Waals surface area contributed by atoms with Crippen LogP contribution in [0.2, 0.25) is 0 Å². The summed E-state index contributed by atoms with van der Waals surface area (Å²) in [5, 5.41) is 12.3. The molecular weight excluding hydrogens is 285 g/mol.